The Morgan fingerprint density at radius 3 is 2.54 bits per heavy atom. The van der Waals surface area contributed by atoms with Crippen molar-refractivity contribution in [1.29, 1.82) is 0 Å². The van der Waals surface area contributed by atoms with E-state index in [-0.39, 0.29) is 29.7 Å². The lowest BCUT2D eigenvalue weighted by atomic mass is 9.63. The number of urea groups is 1. The maximum atomic E-state index is 14.3. The Morgan fingerprint density at radius 1 is 1.05 bits per heavy atom. The van der Waals surface area contributed by atoms with E-state index in [2.05, 4.69) is 35.3 Å². The molecule has 1 spiro atoms. The van der Waals surface area contributed by atoms with Gasteiger partial charge in [0.1, 0.15) is 17.8 Å². The van der Waals surface area contributed by atoms with Crippen molar-refractivity contribution in [3.8, 4) is 0 Å². The van der Waals surface area contributed by atoms with Crippen LogP contribution < -0.4 is 0 Å². The normalized spacial score (nSPS) is 27.2. The number of carbonyl (C=O) groups is 1. The van der Waals surface area contributed by atoms with Gasteiger partial charge in [-0.05, 0) is 67.9 Å². The molecule has 1 aromatic rings. The van der Waals surface area contributed by atoms with E-state index in [1.165, 1.54) is 24.3 Å². The summed E-state index contributed by atoms with van der Waals surface area (Å²) in [5.74, 6) is -0.324. The van der Waals surface area contributed by atoms with Gasteiger partial charge in [0, 0.05) is 56.3 Å². The van der Waals surface area contributed by atoms with Crippen LogP contribution in [-0.2, 0) is 0 Å². The van der Waals surface area contributed by atoms with Crippen LogP contribution in [0.15, 0.2) is 96.0 Å². The molecule has 0 N–H and O–H groups in total. The molecule has 4 nitrogen and oxygen atoms in total. The molecule has 2 amide bonds. The Bertz CT molecular complexity index is 1320. The number of hydrogen-bond acceptors (Lipinski definition) is 2. The molecule has 2 saturated heterocycles. The molecule has 216 valence electrons. The molecule has 3 atom stereocenters. The number of likely N-dealkylation sites (tertiary alicyclic amines) is 2. The van der Waals surface area contributed by atoms with Gasteiger partial charge in [-0.15, -0.1) is 0 Å². The molecule has 0 aromatic heterocycles. The smallest absolute Gasteiger partial charge is 0.324 e. The molecule has 6 rings (SSSR count). The highest BCUT2D eigenvalue weighted by Crippen LogP contribution is 2.55. The number of carbonyl (C=O) groups excluding carboxylic acids is 1. The van der Waals surface area contributed by atoms with E-state index < -0.39 is 12.0 Å². The van der Waals surface area contributed by atoms with Crippen LogP contribution >= 0.6 is 0 Å². The highest BCUT2D eigenvalue weighted by atomic mass is 19.1. The first-order valence-corrected chi connectivity index (χ1v) is 14.9. The lowest BCUT2D eigenvalue weighted by molar-refractivity contribution is -0.112. The van der Waals surface area contributed by atoms with Gasteiger partial charge in [-0.25, -0.2) is 18.0 Å². The van der Waals surface area contributed by atoms with E-state index in [1.807, 2.05) is 29.2 Å². The SMILES string of the molecule is O=C(N1CCC2(CC1)CN(CC1C=CC=CC1)C2c1ccc(F)cc1)N(CC1=CC=CCC1)C1=CC(F)CC(F)=C1. The van der Waals surface area contributed by atoms with Crippen LogP contribution in [0.25, 0.3) is 0 Å². The van der Waals surface area contributed by atoms with Crippen LogP contribution in [0.4, 0.5) is 18.0 Å². The summed E-state index contributed by atoms with van der Waals surface area (Å²) in [5, 5.41) is 0. The Morgan fingerprint density at radius 2 is 1.85 bits per heavy atom. The fourth-order valence-electron chi connectivity index (χ4n) is 7.17. The number of nitrogens with zero attached hydrogens (tertiary/aromatic N) is 3. The Kier molecular flexibility index (Phi) is 8.07. The third-order valence-electron chi connectivity index (χ3n) is 9.27. The van der Waals surface area contributed by atoms with Crippen LogP contribution in [0, 0.1) is 17.2 Å². The summed E-state index contributed by atoms with van der Waals surface area (Å²) < 4.78 is 42.5. The van der Waals surface area contributed by atoms with Crippen molar-refractivity contribution < 1.29 is 18.0 Å². The molecule has 2 aliphatic heterocycles. The average molecular weight is 562 g/mol. The molecule has 7 heteroatoms. The first kappa shape index (κ1) is 27.8. The molecule has 0 saturated carbocycles. The molecule has 2 fully saturated rings. The van der Waals surface area contributed by atoms with Crippen molar-refractivity contribution in [2.75, 3.05) is 32.7 Å². The van der Waals surface area contributed by atoms with Crippen LogP contribution in [0.1, 0.15) is 50.1 Å². The van der Waals surface area contributed by atoms with Gasteiger partial charge in [0.2, 0.25) is 0 Å². The summed E-state index contributed by atoms with van der Waals surface area (Å²) in [6.45, 7) is 3.36. The zero-order valence-corrected chi connectivity index (χ0v) is 23.4. The molecule has 5 aliphatic rings. The molecular weight excluding hydrogens is 523 g/mol. The third-order valence-corrected chi connectivity index (χ3v) is 9.27. The standard InChI is InChI=1S/C34H38F3N3O/c35-28-13-11-27(12-14-28)32-34(24-39(32)22-25-7-3-1-4-8-25)15-17-38(18-16-34)33(41)40(23-26-9-5-2-6-10-26)31-20-29(36)19-30(37)21-31/h1-5,7,9,11-14,20-21,25,29,32H,6,8,10,15-19,22-24H2. The largest absolute Gasteiger partial charge is 0.324 e. The molecule has 0 bridgehead atoms. The minimum atomic E-state index is -1.44. The summed E-state index contributed by atoms with van der Waals surface area (Å²) in [7, 11) is 0. The minimum Gasteiger partial charge on any atom is -0.324 e. The third kappa shape index (κ3) is 6.01. The van der Waals surface area contributed by atoms with Gasteiger partial charge in [0.15, 0.2) is 0 Å². The Hall–Kier alpha value is -3.32. The molecule has 3 aliphatic carbocycles. The van der Waals surface area contributed by atoms with Gasteiger partial charge in [0.05, 0.1) is 0 Å². The molecule has 2 heterocycles. The predicted octanol–water partition coefficient (Wildman–Crippen LogP) is 7.57. The predicted molar refractivity (Wildman–Crippen MR) is 156 cm³/mol. The minimum absolute atomic E-state index is 0.00447. The fourth-order valence-corrected chi connectivity index (χ4v) is 7.17. The molecule has 1 aromatic carbocycles. The van der Waals surface area contributed by atoms with Crippen LogP contribution in [0.3, 0.4) is 0 Å². The monoisotopic (exact) mass is 561 g/mol. The number of piperidine rings is 1. The lowest BCUT2D eigenvalue weighted by Crippen LogP contribution is -2.63. The van der Waals surface area contributed by atoms with Crippen LogP contribution in [0.2, 0.25) is 0 Å². The second-order valence-electron chi connectivity index (χ2n) is 12.1. The second-order valence-corrected chi connectivity index (χ2v) is 12.1. The number of benzene rings is 1. The highest BCUT2D eigenvalue weighted by Gasteiger charge is 2.54. The maximum Gasteiger partial charge on any atom is 0.324 e. The zero-order valence-electron chi connectivity index (χ0n) is 23.4. The number of hydrogen-bond donors (Lipinski definition) is 0. The van der Waals surface area contributed by atoms with Crippen LogP contribution in [0.5, 0.6) is 0 Å². The lowest BCUT2D eigenvalue weighted by Gasteiger charge is -2.61. The Balaban J connectivity index is 1.19. The summed E-state index contributed by atoms with van der Waals surface area (Å²) >= 11 is 0. The average Bonchev–Trinajstić information content (AvgIpc) is 2.97. The fraction of sp³-hybridized carbons (Fsp3) is 0.441. The van der Waals surface area contributed by atoms with Gasteiger partial charge >= 0.3 is 6.03 Å². The van der Waals surface area contributed by atoms with Crippen molar-refractivity contribution >= 4 is 6.03 Å². The van der Waals surface area contributed by atoms with Gasteiger partial charge in [0.25, 0.3) is 0 Å². The molecule has 41 heavy (non-hydrogen) atoms. The van der Waals surface area contributed by atoms with E-state index in [9.17, 15) is 18.0 Å². The molecule has 0 radical (unpaired) electrons. The van der Waals surface area contributed by atoms with Crippen molar-refractivity contribution in [3.05, 3.63) is 107 Å². The van der Waals surface area contributed by atoms with E-state index >= 15 is 0 Å². The summed E-state index contributed by atoms with van der Waals surface area (Å²) in [6, 6.07) is 6.85. The Labute approximate surface area is 240 Å². The number of rotatable bonds is 6. The molecular formula is C34H38F3N3O. The number of alkyl halides is 1. The van der Waals surface area contributed by atoms with Crippen molar-refractivity contribution in [2.24, 2.45) is 11.3 Å². The van der Waals surface area contributed by atoms with Crippen molar-refractivity contribution in [2.45, 2.75) is 50.7 Å². The highest BCUT2D eigenvalue weighted by molar-refractivity contribution is 5.78. The first-order valence-electron chi connectivity index (χ1n) is 14.9. The number of amides is 2. The van der Waals surface area contributed by atoms with Gasteiger partial charge in [-0.2, -0.15) is 0 Å². The summed E-state index contributed by atoms with van der Waals surface area (Å²) in [6.07, 6.45) is 20.1. The topological polar surface area (TPSA) is 26.8 Å². The second kappa shape index (κ2) is 11.9. The maximum absolute atomic E-state index is 14.3. The van der Waals surface area contributed by atoms with Crippen LogP contribution in [-0.4, -0.2) is 59.6 Å². The summed E-state index contributed by atoms with van der Waals surface area (Å²) in [5.41, 5.74) is 2.50. The first-order chi connectivity index (χ1) is 19.9. The van der Waals surface area contributed by atoms with E-state index in [0.717, 1.165) is 56.3 Å². The number of allylic oxidation sites excluding steroid dienone is 9. The van der Waals surface area contributed by atoms with E-state index in [4.69, 9.17) is 0 Å². The van der Waals surface area contributed by atoms with Gasteiger partial charge < -0.3 is 4.90 Å². The van der Waals surface area contributed by atoms with Gasteiger partial charge in [-0.1, -0.05) is 60.2 Å². The zero-order chi connectivity index (χ0) is 28.4. The van der Waals surface area contributed by atoms with E-state index in [1.54, 1.807) is 4.90 Å². The van der Waals surface area contributed by atoms with Crippen molar-refractivity contribution in [3.63, 3.8) is 0 Å². The molecule has 3 unspecified atom stereocenters. The van der Waals surface area contributed by atoms with Gasteiger partial charge in [-0.3, -0.25) is 9.80 Å². The van der Waals surface area contributed by atoms with Crippen molar-refractivity contribution in [1.82, 2.24) is 14.7 Å². The van der Waals surface area contributed by atoms with E-state index in [0.29, 0.717) is 31.2 Å². The number of halogens is 3. The summed E-state index contributed by atoms with van der Waals surface area (Å²) in [4.78, 5) is 19.9. The quantitative estimate of drug-likeness (QED) is 0.358.